The molecule has 4 nitrogen and oxygen atoms in total. The van der Waals surface area contributed by atoms with Gasteiger partial charge in [0.15, 0.2) is 0 Å². The molecule has 0 aliphatic carbocycles. The molecule has 1 aliphatic rings. The first-order valence-electron chi connectivity index (χ1n) is 6.91. The highest BCUT2D eigenvalue weighted by molar-refractivity contribution is 5.42. The van der Waals surface area contributed by atoms with Gasteiger partial charge in [0.2, 0.25) is 0 Å². The monoisotopic (exact) mass is 261 g/mol. The van der Waals surface area contributed by atoms with Gasteiger partial charge >= 0.3 is 0 Å². The molecule has 104 valence electrons. The van der Waals surface area contributed by atoms with Gasteiger partial charge in [0.05, 0.1) is 6.61 Å². The lowest BCUT2D eigenvalue weighted by atomic mass is 10.1. The molecule has 1 aromatic rings. The Kier molecular flexibility index (Phi) is 5.36. The van der Waals surface area contributed by atoms with E-state index in [1.807, 2.05) is 6.20 Å². The Morgan fingerprint density at radius 1 is 1.42 bits per heavy atom. The molecule has 0 saturated heterocycles. The van der Waals surface area contributed by atoms with Crippen molar-refractivity contribution in [3.8, 4) is 0 Å². The van der Waals surface area contributed by atoms with E-state index in [1.165, 1.54) is 11.1 Å². The number of nitrogens with one attached hydrogen (secondary N) is 1. The van der Waals surface area contributed by atoms with Crippen molar-refractivity contribution in [2.24, 2.45) is 0 Å². The Balaban J connectivity index is 1.92. The van der Waals surface area contributed by atoms with E-state index in [2.05, 4.69) is 40.3 Å². The van der Waals surface area contributed by atoms with Crippen molar-refractivity contribution in [2.45, 2.75) is 19.9 Å². The van der Waals surface area contributed by atoms with Crippen molar-refractivity contribution in [3.63, 3.8) is 0 Å². The summed E-state index contributed by atoms with van der Waals surface area (Å²) in [5.74, 6) is 1.06. The normalized spacial score (nSPS) is 15.5. The quantitative estimate of drug-likeness (QED) is 0.795. The average molecular weight is 261 g/mol. The molecule has 0 atom stereocenters. The highest BCUT2D eigenvalue weighted by Crippen LogP contribution is 2.17. The molecule has 0 fully saturated rings. The number of hydrogen-bond acceptors (Lipinski definition) is 4. The van der Waals surface area contributed by atoms with Gasteiger partial charge in [-0.05, 0) is 30.2 Å². The maximum Gasteiger partial charge on any atom is 0.128 e. The van der Waals surface area contributed by atoms with Gasteiger partial charge in [-0.1, -0.05) is 19.1 Å². The molecule has 1 aromatic heterocycles. The number of pyridine rings is 1. The summed E-state index contributed by atoms with van der Waals surface area (Å²) in [7, 11) is 1.75. The maximum atomic E-state index is 5.17. The lowest BCUT2D eigenvalue weighted by Gasteiger charge is -2.27. The van der Waals surface area contributed by atoms with Crippen LogP contribution in [0.25, 0.3) is 0 Å². The van der Waals surface area contributed by atoms with Gasteiger partial charge in [0.25, 0.3) is 0 Å². The van der Waals surface area contributed by atoms with Crippen LogP contribution in [0.5, 0.6) is 0 Å². The number of nitrogens with zero attached hydrogens (tertiary/aromatic N) is 2. The first kappa shape index (κ1) is 14.0. The Morgan fingerprint density at radius 3 is 2.89 bits per heavy atom. The molecule has 0 amide bonds. The van der Waals surface area contributed by atoms with Crippen molar-refractivity contribution >= 4 is 5.82 Å². The van der Waals surface area contributed by atoms with Crippen molar-refractivity contribution in [2.75, 3.05) is 38.3 Å². The molecule has 19 heavy (non-hydrogen) atoms. The molecular formula is C15H23N3O. The van der Waals surface area contributed by atoms with E-state index in [4.69, 9.17) is 4.74 Å². The highest BCUT2D eigenvalue weighted by atomic mass is 16.5. The summed E-state index contributed by atoms with van der Waals surface area (Å²) in [6, 6.07) is 4.27. The summed E-state index contributed by atoms with van der Waals surface area (Å²) < 4.78 is 5.17. The fourth-order valence-electron chi connectivity index (χ4n) is 2.21. The predicted molar refractivity (Wildman–Crippen MR) is 78.4 cm³/mol. The lowest BCUT2D eigenvalue weighted by molar-refractivity contribution is 0.222. The van der Waals surface area contributed by atoms with Gasteiger partial charge in [0, 0.05) is 32.9 Å². The second-order valence-corrected chi connectivity index (χ2v) is 4.80. The highest BCUT2D eigenvalue weighted by Gasteiger charge is 2.12. The molecule has 1 N–H and O–H groups in total. The number of methoxy groups -OCH3 is 1. The van der Waals surface area contributed by atoms with Crippen LogP contribution in [-0.4, -0.2) is 38.3 Å². The third-order valence-corrected chi connectivity index (χ3v) is 3.35. The largest absolute Gasteiger partial charge is 0.380 e. The number of hydrogen-bond donors (Lipinski definition) is 1. The van der Waals surface area contributed by atoms with E-state index in [0.29, 0.717) is 0 Å². The van der Waals surface area contributed by atoms with Crippen molar-refractivity contribution < 1.29 is 4.74 Å². The molecule has 0 unspecified atom stereocenters. The number of aromatic nitrogens is 1. The fraction of sp³-hybridized carbons (Fsp3) is 0.533. The third kappa shape index (κ3) is 4.04. The van der Waals surface area contributed by atoms with Crippen LogP contribution in [0.1, 0.15) is 18.9 Å². The molecule has 0 bridgehead atoms. The van der Waals surface area contributed by atoms with Crippen LogP contribution in [0, 0.1) is 0 Å². The first-order chi connectivity index (χ1) is 9.33. The standard InChI is InChI=1S/C15H23N3O/c1-3-16-10-14-4-5-15(17-11-14)18-8-6-13(7-9-18)12-19-2/h4-6,11,16H,3,7-10,12H2,1-2H3. The van der Waals surface area contributed by atoms with Gasteiger partial charge in [0.1, 0.15) is 5.82 Å². The average Bonchev–Trinajstić information content (AvgIpc) is 2.47. The molecule has 0 radical (unpaired) electrons. The van der Waals surface area contributed by atoms with Crippen LogP contribution in [0.15, 0.2) is 30.0 Å². The minimum atomic E-state index is 0.753. The van der Waals surface area contributed by atoms with Crippen molar-refractivity contribution in [3.05, 3.63) is 35.5 Å². The van der Waals surface area contributed by atoms with Crippen LogP contribution in [0.4, 0.5) is 5.82 Å². The molecule has 4 heteroatoms. The summed E-state index contributed by atoms with van der Waals surface area (Å²) >= 11 is 0. The van der Waals surface area contributed by atoms with Gasteiger partial charge in [-0.2, -0.15) is 0 Å². The Hall–Kier alpha value is -1.39. The molecule has 0 saturated carbocycles. The molecule has 2 heterocycles. The third-order valence-electron chi connectivity index (χ3n) is 3.35. The Morgan fingerprint density at radius 2 is 2.32 bits per heavy atom. The van der Waals surface area contributed by atoms with E-state index in [9.17, 15) is 0 Å². The van der Waals surface area contributed by atoms with E-state index in [-0.39, 0.29) is 0 Å². The zero-order valence-corrected chi connectivity index (χ0v) is 11.9. The summed E-state index contributed by atoms with van der Waals surface area (Å²) in [5, 5.41) is 3.31. The van der Waals surface area contributed by atoms with E-state index in [1.54, 1.807) is 7.11 Å². The van der Waals surface area contributed by atoms with Crippen molar-refractivity contribution in [1.29, 1.82) is 0 Å². The van der Waals surface area contributed by atoms with Gasteiger partial charge in [-0.3, -0.25) is 0 Å². The summed E-state index contributed by atoms with van der Waals surface area (Å²) in [6.07, 6.45) is 5.28. The number of rotatable bonds is 6. The second-order valence-electron chi connectivity index (χ2n) is 4.80. The minimum Gasteiger partial charge on any atom is -0.380 e. The molecule has 2 rings (SSSR count). The minimum absolute atomic E-state index is 0.753. The summed E-state index contributed by atoms with van der Waals surface area (Å²) in [5.41, 5.74) is 2.63. The lowest BCUT2D eigenvalue weighted by Crippen LogP contribution is -2.30. The SMILES string of the molecule is CCNCc1ccc(N2CC=C(COC)CC2)nc1. The van der Waals surface area contributed by atoms with Gasteiger partial charge in [-0.25, -0.2) is 4.98 Å². The van der Waals surface area contributed by atoms with Crippen LogP contribution in [-0.2, 0) is 11.3 Å². The zero-order valence-electron chi connectivity index (χ0n) is 11.9. The number of anilines is 1. The van der Waals surface area contributed by atoms with E-state index in [0.717, 1.165) is 45.0 Å². The van der Waals surface area contributed by atoms with Crippen LogP contribution >= 0.6 is 0 Å². The Labute approximate surface area is 115 Å². The van der Waals surface area contributed by atoms with Crippen LogP contribution < -0.4 is 10.2 Å². The van der Waals surface area contributed by atoms with E-state index >= 15 is 0 Å². The van der Waals surface area contributed by atoms with Crippen LogP contribution in [0.2, 0.25) is 0 Å². The zero-order chi connectivity index (χ0) is 13.5. The molecule has 0 aromatic carbocycles. The van der Waals surface area contributed by atoms with Gasteiger partial charge < -0.3 is 15.0 Å². The van der Waals surface area contributed by atoms with Gasteiger partial charge in [-0.15, -0.1) is 0 Å². The smallest absolute Gasteiger partial charge is 0.128 e. The summed E-state index contributed by atoms with van der Waals surface area (Å²) in [6.45, 7) is 6.69. The predicted octanol–water partition coefficient (Wildman–Crippen LogP) is 1.97. The van der Waals surface area contributed by atoms with E-state index < -0.39 is 0 Å². The summed E-state index contributed by atoms with van der Waals surface area (Å²) in [4.78, 5) is 6.85. The Bertz CT molecular complexity index is 414. The molecule has 0 spiro atoms. The molecular weight excluding hydrogens is 238 g/mol. The first-order valence-corrected chi connectivity index (χ1v) is 6.91. The van der Waals surface area contributed by atoms with Crippen molar-refractivity contribution in [1.82, 2.24) is 10.3 Å². The fourth-order valence-corrected chi connectivity index (χ4v) is 2.21. The topological polar surface area (TPSA) is 37.4 Å². The van der Waals surface area contributed by atoms with Crippen LogP contribution in [0.3, 0.4) is 0 Å². The molecule has 1 aliphatic heterocycles. The number of ether oxygens (including phenoxy) is 1. The second kappa shape index (κ2) is 7.26. The maximum absolute atomic E-state index is 5.17.